The van der Waals surface area contributed by atoms with Crippen LogP contribution in [0.2, 0.25) is 0 Å². The lowest BCUT2D eigenvalue weighted by Gasteiger charge is -2.36. The minimum absolute atomic E-state index is 0.151. The minimum Gasteiger partial charge on any atom is -0.476 e. The Morgan fingerprint density at radius 2 is 1.82 bits per heavy atom. The zero-order chi connectivity index (χ0) is 29.2. The van der Waals surface area contributed by atoms with Crippen molar-refractivity contribution in [3.8, 4) is 11.3 Å². The molecular weight excluding hydrogens is 512 g/mol. The van der Waals surface area contributed by atoms with E-state index in [4.69, 9.17) is 10.6 Å². The molecule has 0 unspecified atom stereocenters. The molecule has 1 aromatic carbocycles. The van der Waals surface area contributed by atoms with Gasteiger partial charge in [-0.1, -0.05) is 26.0 Å². The number of carboxylic acids is 1. The Labute approximate surface area is 233 Å². The first-order valence-electron chi connectivity index (χ1n) is 13.3. The van der Waals surface area contributed by atoms with E-state index in [0.29, 0.717) is 35.8 Å². The lowest BCUT2D eigenvalue weighted by molar-refractivity contribution is 0.00821. The topological polar surface area (TPSA) is 153 Å². The Kier molecular flexibility index (Phi) is 8.13. The van der Waals surface area contributed by atoms with E-state index in [0.717, 1.165) is 23.1 Å². The summed E-state index contributed by atoms with van der Waals surface area (Å²) >= 11 is 0. The predicted molar refractivity (Wildman–Crippen MR) is 151 cm³/mol. The number of ether oxygens (including phenoxy) is 1. The van der Waals surface area contributed by atoms with E-state index in [-0.39, 0.29) is 23.1 Å². The average molecular weight is 549 g/mol. The first-order valence-corrected chi connectivity index (χ1v) is 13.3. The van der Waals surface area contributed by atoms with Crippen molar-refractivity contribution in [3.63, 3.8) is 0 Å². The molecule has 0 radical (unpaired) electrons. The van der Waals surface area contributed by atoms with Crippen LogP contribution in [0.5, 0.6) is 0 Å². The maximum atomic E-state index is 13.0. The van der Waals surface area contributed by atoms with Gasteiger partial charge in [-0.05, 0) is 75.8 Å². The van der Waals surface area contributed by atoms with E-state index in [1.54, 1.807) is 56.1 Å². The van der Waals surface area contributed by atoms with E-state index < -0.39 is 23.7 Å². The van der Waals surface area contributed by atoms with Crippen LogP contribution in [0.4, 0.5) is 10.6 Å². The molecule has 212 valence electrons. The van der Waals surface area contributed by atoms with E-state index in [2.05, 4.69) is 29.1 Å². The molecular formula is C29H36N6O5. The van der Waals surface area contributed by atoms with Gasteiger partial charge in [0.25, 0.3) is 5.91 Å². The number of carbonyl (C=O) groups is 3. The fourth-order valence-corrected chi connectivity index (χ4v) is 4.67. The second-order valence-corrected chi connectivity index (χ2v) is 11.2. The average Bonchev–Trinajstić information content (AvgIpc) is 3.25. The van der Waals surface area contributed by atoms with Gasteiger partial charge in [0.1, 0.15) is 17.1 Å². The number of aromatic carboxylic acids is 1. The monoisotopic (exact) mass is 548 g/mol. The SMILES string of the molecule is CC(C)c1ccnc(NC(=O)c2ccc(-c3nc([C@@H]4CCCCN4C(=O)OC(C)(C)C)n(N)c3C(=O)O)cc2)c1. The number of carbonyl (C=O) groups excluding carboxylic acids is 2. The molecule has 0 aliphatic carbocycles. The second kappa shape index (κ2) is 11.4. The van der Waals surface area contributed by atoms with Gasteiger partial charge in [-0.15, -0.1) is 0 Å². The summed E-state index contributed by atoms with van der Waals surface area (Å²) in [7, 11) is 0. The van der Waals surface area contributed by atoms with Gasteiger partial charge >= 0.3 is 12.1 Å². The molecule has 2 aromatic heterocycles. The number of aromatic nitrogens is 3. The largest absolute Gasteiger partial charge is 0.476 e. The van der Waals surface area contributed by atoms with Gasteiger partial charge in [0.2, 0.25) is 0 Å². The van der Waals surface area contributed by atoms with Crippen LogP contribution in [-0.4, -0.2) is 54.8 Å². The summed E-state index contributed by atoms with van der Waals surface area (Å²) in [6.07, 6.45) is 3.34. The molecule has 0 saturated carbocycles. The molecule has 1 aliphatic heterocycles. The van der Waals surface area contributed by atoms with Crippen molar-refractivity contribution in [2.75, 3.05) is 17.7 Å². The molecule has 0 bridgehead atoms. The Morgan fingerprint density at radius 1 is 1.12 bits per heavy atom. The number of nitrogens with one attached hydrogen (secondary N) is 1. The minimum atomic E-state index is -1.26. The first-order chi connectivity index (χ1) is 18.9. The number of pyridine rings is 1. The molecule has 1 atom stereocenters. The zero-order valence-corrected chi connectivity index (χ0v) is 23.5. The smallest absolute Gasteiger partial charge is 0.410 e. The van der Waals surface area contributed by atoms with Crippen molar-refractivity contribution in [3.05, 3.63) is 65.2 Å². The lowest BCUT2D eigenvalue weighted by Crippen LogP contribution is -2.43. The zero-order valence-electron chi connectivity index (χ0n) is 23.5. The summed E-state index contributed by atoms with van der Waals surface area (Å²) in [6.45, 7) is 9.93. The molecule has 1 fully saturated rings. The number of hydrogen-bond acceptors (Lipinski definition) is 7. The Balaban J connectivity index is 1.62. The molecule has 1 saturated heterocycles. The maximum Gasteiger partial charge on any atom is 0.410 e. The lowest BCUT2D eigenvalue weighted by atomic mass is 10.0. The summed E-state index contributed by atoms with van der Waals surface area (Å²) in [6, 6.07) is 9.61. The fourth-order valence-electron chi connectivity index (χ4n) is 4.67. The highest BCUT2D eigenvalue weighted by Gasteiger charge is 2.36. The standard InChI is InChI=1S/C29H36N6O5/c1-17(2)20-13-14-31-22(16-20)32-26(36)19-11-9-18(10-12-19)23-24(27(37)38)35(30)25(33-23)21-8-6-7-15-34(21)28(39)40-29(3,4)5/h9-14,16-17,21H,6-8,15,30H2,1-5H3,(H,37,38)(H,31,32,36)/t21-/m0/s1. The van der Waals surface area contributed by atoms with Gasteiger partial charge in [0, 0.05) is 23.9 Å². The van der Waals surface area contributed by atoms with Gasteiger partial charge in [0.05, 0.1) is 6.04 Å². The third-order valence-corrected chi connectivity index (χ3v) is 6.68. The summed E-state index contributed by atoms with van der Waals surface area (Å²) < 4.78 is 6.63. The number of nitrogens with two attached hydrogens (primary N) is 1. The van der Waals surface area contributed by atoms with Gasteiger partial charge in [-0.3, -0.25) is 9.69 Å². The molecule has 0 spiro atoms. The number of carboxylic acid groups (broad SMARTS) is 1. The van der Waals surface area contributed by atoms with Gasteiger partial charge in [-0.25, -0.2) is 24.2 Å². The number of likely N-dealkylation sites (tertiary alicyclic amines) is 1. The molecule has 1 aliphatic rings. The van der Waals surface area contributed by atoms with E-state index in [1.165, 1.54) is 0 Å². The summed E-state index contributed by atoms with van der Waals surface area (Å²) in [5.41, 5.74) is 1.15. The van der Waals surface area contributed by atoms with Crippen LogP contribution < -0.4 is 11.2 Å². The van der Waals surface area contributed by atoms with Gasteiger partial charge in [-0.2, -0.15) is 0 Å². The normalized spacial score (nSPS) is 15.7. The highest BCUT2D eigenvalue weighted by atomic mass is 16.6. The fraction of sp³-hybridized carbons (Fsp3) is 0.414. The van der Waals surface area contributed by atoms with Crippen LogP contribution in [-0.2, 0) is 4.74 Å². The van der Waals surface area contributed by atoms with Crippen LogP contribution in [0.3, 0.4) is 0 Å². The predicted octanol–water partition coefficient (Wildman–Crippen LogP) is 5.19. The number of piperidine rings is 1. The highest BCUT2D eigenvalue weighted by Crippen LogP contribution is 2.34. The number of rotatable bonds is 6. The van der Waals surface area contributed by atoms with E-state index in [1.807, 2.05) is 12.1 Å². The number of benzene rings is 1. The molecule has 3 aromatic rings. The van der Waals surface area contributed by atoms with Crippen molar-refractivity contribution in [2.45, 2.75) is 71.4 Å². The van der Waals surface area contributed by atoms with Crippen LogP contribution in [0.15, 0.2) is 42.6 Å². The van der Waals surface area contributed by atoms with Crippen LogP contribution >= 0.6 is 0 Å². The van der Waals surface area contributed by atoms with Gasteiger partial charge < -0.3 is 21.0 Å². The molecule has 4 N–H and O–H groups in total. The van der Waals surface area contributed by atoms with Crippen molar-refractivity contribution >= 4 is 23.8 Å². The number of nitrogen functional groups attached to an aromatic ring is 1. The van der Waals surface area contributed by atoms with E-state index in [9.17, 15) is 19.5 Å². The second-order valence-electron chi connectivity index (χ2n) is 11.2. The summed E-state index contributed by atoms with van der Waals surface area (Å²) in [5, 5.41) is 12.8. The van der Waals surface area contributed by atoms with Crippen LogP contribution in [0, 0.1) is 0 Å². The maximum absolute atomic E-state index is 13.0. The van der Waals surface area contributed by atoms with Crippen LogP contribution in [0.25, 0.3) is 11.3 Å². The Bertz CT molecular complexity index is 1410. The van der Waals surface area contributed by atoms with Crippen molar-refractivity contribution in [1.82, 2.24) is 19.5 Å². The highest BCUT2D eigenvalue weighted by molar-refractivity contribution is 6.04. The molecule has 11 heteroatoms. The van der Waals surface area contributed by atoms with Gasteiger partial charge in [0.15, 0.2) is 11.5 Å². The number of amides is 2. The number of nitrogens with zero attached hydrogens (tertiary/aromatic N) is 4. The number of imidazole rings is 1. The third-order valence-electron chi connectivity index (χ3n) is 6.68. The number of hydrogen-bond donors (Lipinski definition) is 3. The van der Waals surface area contributed by atoms with E-state index >= 15 is 0 Å². The molecule has 11 nitrogen and oxygen atoms in total. The molecule has 3 heterocycles. The Morgan fingerprint density at radius 3 is 2.45 bits per heavy atom. The quantitative estimate of drug-likeness (QED) is 0.356. The van der Waals surface area contributed by atoms with Crippen molar-refractivity contribution in [1.29, 1.82) is 0 Å². The molecule has 2 amide bonds. The van der Waals surface area contributed by atoms with Crippen LogP contribution in [0.1, 0.15) is 98.1 Å². The Hall–Kier alpha value is -4.41. The summed E-state index contributed by atoms with van der Waals surface area (Å²) in [4.78, 5) is 48.5. The molecule has 4 rings (SSSR count). The van der Waals surface area contributed by atoms with Crippen molar-refractivity contribution < 1.29 is 24.2 Å². The van der Waals surface area contributed by atoms with Crippen molar-refractivity contribution in [2.24, 2.45) is 0 Å². The number of anilines is 1. The first kappa shape index (κ1) is 28.6. The summed E-state index contributed by atoms with van der Waals surface area (Å²) in [5.74, 6) is 5.68. The molecule has 40 heavy (non-hydrogen) atoms. The third kappa shape index (κ3) is 6.24.